The highest BCUT2D eigenvalue weighted by molar-refractivity contribution is 7.99. The Morgan fingerprint density at radius 3 is 3.29 bits per heavy atom. The van der Waals surface area contributed by atoms with Crippen molar-refractivity contribution in [1.82, 2.24) is 9.78 Å². The SMILES string of the molecule is COCCn1cc(NC2CCSc3c(F)cccc32)cn1. The van der Waals surface area contributed by atoms with Gasteiger partial charge in [-0.15, -0.1) is 11.8 Å². The number of benzene rings is 1. The molecular weight excluding hydrogens is 289 g/mol. The van der Waals surface area contributed by atoms with Crippen LogP contribution in [0.3, 0.4) is 0 Å². The zero-order valence-electron chi connectivity index (χ0n) is 11.9. The monoisotopic (exact) mass is 307 g/mol. The van der Waals surface area contributed by atoms with Gasteiger partial charge in [-0.05, 0) is 18.1 Å². The van der Waals surface area contributed by atoms with Crippen LogP contribution in [0.25, 0.3) is 0 Å². The number of halogens is 1. The second kappa shape index (κ2) is 6.49. The first-order chi connectivity index (χ1) is 10.3. The van der Waals surface area contributed by atoms with E-state index < -0.39 is 0 Å². The zero-order valence-corrected chi connectivity index (χ0v) is 12.7. The van der Waals surface area contributed by atoms with Crippen molar-refractivity contribution < 1.29 is 9.13 Å². The van der Waals surface area contributed by atoms with E-state index in [-0.39, 0.29) is 11.9 Å². The summed E-state index contributed by atoms with van der Waals surface area (Å²) < 4.78 is 20.7. The standard InChI is InChI=1S/C15H18FN3OS/c1-20-7-6-19-10-11(9-17-19)18-14-5-8-21-15-12(14)3-2-4-13(15)16/h2-4,9-10,14,18H,5-8H2,1H3. The lowest BCUT2D eigenvalue weighted by Gasteiger charge is -2.26. The van der Waals surface area contributed by atoms with Gasteiger partial charge in [0.2, 0.25) is 0 Å². The first-order valence-electron chi connectivity index (χ1n) is 6.97. The van der Waals surface area contributed by atoms with E-state index in [1.54, 1.807) is 31.1 Å². The molecular formula is C15H18FN3OS. The summed E-state index contributed by atoms with van der Waals surface area (Å²) in [6, 6.07) is 5.43. The van der Waals surface area contributed by atoms with Crippen LogP contribution >= 0.6 is 11.8 Å². The molecule has 4 nitrogen and oxygen atoms in total. The van der Waals surface area contributed by atoms with E-state index in [2.05, 4.69) is 10.4 Å². The number of thioether (sulfide) groups is 1. The van der Waals surface area contributed by atoms with E-state index in [1.165, 1.54) is 6.07 Å². The number of aromatic nitrogens is 2. The van der Waals surface area contributed by atoms with Gasteiger partial charge in [-0.2, -0.15) is 5.10 Å². The highest BCUT2D eigenvalue weighted by Gasteiger charge is 2.23. The molecule has 112 valence electrons. The summed E-state index contributed by atoms with van der Waals surface area (Å²) in [5.74, 6) is 0.795. The molecule has 1 aliphatic rings. The molecule has 1 atom stereocenters. The lowest BCUT2D eigenvalue weighted by atomic mass is 10.0. The maximum Gasteiger partial charge on any atom is 0.137 e. The number of hydrogen-bond acceptors (Lipinski definition) is 4. The highest BCUT2D eigenvalue weighted by Crippen LogP contribution is 2.39. The second-order valence-corrected chi connectivity index (χ2v) is 6.08. The third-order valence-electron chi connectivity index (χ3n) is 3.52. The molecule has 0 saturated heterocycles. The van der Waals surface area contributed by atoms with Gasteiger partial charge in [0.1, 0.15) is 5.82 Å². The Hall–Kier alpha value is -1.53. The van der Waals surface area contributed by atoms with Crippen LogP contribution in [0.2, 0.25) is 0 Å². The number of anilines is 1. The Morgan fingerprint density at radius 1 is 1.52 bits per heavy atom. The molecule has 1 unspecified atom stereocenters. The van der Waals surface area contributed by atoms with Crippen LogP contribution in [0.1, 0.15) is 18.0 Å². The molecule has 0 spiro atoms. The average molecular weight is 307 g/mol. The van der Waals surface area contributed by atoms with Crippen LogP contribution in [0.5, 0.6) is 0 Å². The fraction of sp³-hybridized carbons (Fsp3) is 0.400. The van der Waals surface area contributed by atoms with Gasteiger partial charge in [-0.1, -0.05) is 12.1 Å². The minimum Gasteiger partial charge on any atom is -0.383 e. The smallest absolute Gasteiger partial charge is 0.137 e. The average Bonchev–Trinajstić information content (AvgIpc) is 2.94. The molecule has 1 aromatic carbocycles. The van der Waals surface area contributed by atoms with E-state index in [4.69, 9.17) is 4.74 Å². The van der Waals surface area contributed by atoms with E-state index in [1.807, 2.05) is 16.9 Å². The molecule has 1 aliphatic heterocycles. The topological polar surface area (TPSA) is 39.1 Å². The lowest BCUT2D eigenvalue weighted by molar-refractivity contribution is 0.183. The lowest BCUT2D eigenvalue weighted by Crippen LogP contribution is -2.16. The third-order valence-corrected chi connectivity index (χ3v) is 4.68. The van der Waals surface area contributed by atoms with Gasteiger partial charge in [0.05, 0.1) is 31.1 Å². The van der Waals surface area contributed by atoms with Crippen molar-refractivity contribution in [2.75, 3.05) is 24.8 Å². The molecule has 0 bridgehead atoms. The molecule has 0 amide bonds. The van der Waals surface area contributed by atoms with Gasteiger partial charge >= 0.3 is 0 Å². The molecule has 21 heavy (non-hydrogen) atoms. The number of methoxy groups -OCH3 is 1. The Balaban J connectivity index is 1.74. The summed E-state index contributed by atoms with van der Waals surface area (Å²) in [5.41, 5.74) is 1.99. The first kappa shape index (κ1) is 14.4. The number of nitrogens with one attached hydrogen (secondary N) is 1. The normalized spacial score (nSPS) is 17.5. The molecule has 6 heteroatoms. The van der Waals surface area contributed by atoms with Crippen LogP contribution in [-0.4, -0.2) is 29.3 Å². The van der Waals surface area contributed by atoms with E-state index >= 15 is 0 Å². The molecule has 0 radical (unpaired) electrons. The minimum absolute atomic E-state index is 0.125. The summed E-state index contributed by atoms with van der Waals surface area (Å²) >= 11 is 1.59. The largest absolute Gasteiger partial charge is 0.383 e. The Kier molecular flexibility index (Phi) is 4.45. The van der Waals surface area contributed by atoms with Crippen molar-refractivity contribution in [3.8, 4) is 0 Å². The number of nitrogens with zero attached hydrogens (tertiary/aromatic N) is 2. The van der Waals surface area contributed by atoms with Crippen molar-refractivity contribution in [3.05, 3.63) is 42.0 Å². The summed E-state index contributed by atoms with van der Waals surface area (Å²) in [5, 5.41) is 7.74. The molecule has 0 saturated carbocycles. The van der Waals surface area contributed by atoms with Crippen LogP contribution < -0.4 is 5.32 Å². The number of fused-ring (bicyclic) bond motifs is 1. The van der Waals surface area contributed by atoms with E-state index in [0.29, 0.717) is 6.61 Å². The second-order valence-electron chi connectivity index (χ2n) is 4.98. The first-order valence-corrected chi connectivity index (χ1v) is 7.95. The van der Waals surface area contributed by atoms with Crippen LogP contribution in [0.4, 0.5) is 10.1 Å². The maximum atomic E-state index is 13.8. The predicted octanol–water partition coefficient (Wildman–Crippen LogP) is 3.32. The minimum atomic E-state index is -0.125. The zero-order chi connectivity index (χ0) is 14.7. The number of rotatable bonds is 5. The molecule has 2 heterocycles. The molecule has 1 aromatic heterocycles. The number of hydrogen-bond donors (Lipinski definition) is 1. The summed E-state index contributed by atoms with van der Waals surface area (Å²) in [6.07, 6.45) is 4.74. The maximum absolute atomic E-state index is 13.8. The summed E-state index contributed by atoms with van der Waals surface area (Å²) in [4.78, 5) is 0.771. The van der Waals surface area contributed by atoms with E-state index in [0.717, 1.165) is 34.9 Å². The Morgan fingerprint density at radius 2 is 2.43 bits per heavy atom. The third kappa shape index (κ3) is 3.22. The Labute approximate surface area is 127 Å². The fourth-order valence-electron chi connectivity index (χ4n) is 2.48. The molecule has 2 aromatic rings. The van der Waals surface area contributed by atoms with Crippen molar-refractivity contribution >= 4 is 17.4 Å². The van der Waals surface area contributed by atoms with Gasteiger partial charge in [0, 0.05) is 24.0 Å². The molecule has 0 fully saturated rings. The van der Waals surface area contributed by atoms with Crippen LogP contribution in [0.15, 0.2) is 35.5 Å². The summed E-state index contributed by atoms with van der Waals surface area (Å²) in [6.45, 7) is 1.36. The highest BCUT2D eigenvalue weighted by atomic mass is 32.2. The van der Waals surface area contributed by atoms with Crippen LogP contribution in [0, 0.1) is 5.82 Å². The fourth-order valence-corrected chi connectivity index (χ4v) is 3.62. The van der Waals surface area contributed by atoms with Gasteiger partial charge < -0.3 is 10.1 Å². The van der Waals surface area contributed by atoms with Crippen molar-refractivity contribution in [2.24, 2.45) is 0 Å². The molecule has 1 N–H and O–H groups in total. The van der Waals surface area contributed by atoms with Crippen molar-refractivity contribution in [3.63, 3.8) is 0 Å². The van der Waals surface area contributed by atoms with Gasteiger partial charge in [-0.25, -0.2) is 4.39 Å². The Bertz CT molecular complexity index is 617. The molecule has 3 rings (SSSR count). The van der Waals surface area contributed by atoms with Gasteiger partial charge in [0.15, 0.2) is 0 Å². The van der Waals surface area contributed by atoms with Gasteiger partial charge in [0.25, 0.3) is 0 Å². The van der Waals surface area contributed by atoms with Gasteiger partial charge in [-0.3, -0.25) is 4.68 Å². The van der Waals surface area contributed by atoms with Crippen molar-refractivity contribution in [2.45, 2.75) is 23.9 Å². The van der Waals surface area contributed by atoms with E-state index in [9.17, 15) is 4.39 Å². The van der Waals surface area contributed by atoms with Crippen LogP contribution in [-0.2, 0) is 11.3 Å². The quantitative estimate of drug-likeness (QED) is 0.920. The predicted molar refractivity (Wildman–Crippen MR) is 82.2 cm³/mol. The van der Waals surface area contributed by atoms with Crippen molar-refractivity contribution in [1.29, 1.82) is 0 Å². The number of ether oxygens (including phenoxy) is 1. The summed E-state index contributed by atoms with van der Waals surface area (Å²) in [7, 11) is 1.67. The molecule has 0 aliphatic carbocycles.